The zero-order chi connectivity index (χ0) is 53.1. The van der Waals surface area contributed by atoms with Crippen molar-refractivity contribution in [2.75, 3.05) is 12.0 Å². The first-order chi connectivity index (χ1) is 30.9. The molecule has 4 aliphatic heterocycles. The normalized spacial score (nSPS) is 24.5. The van der Waals surface area contributed by atoms with E-state index in [0.717, 1.165) is 22.8 Å². The molecule has 1 N–H and O–H groups in total. The fraction of sp³-hybridized carbons (Fsp3) is 0.656. The average Bonchev–Trinajstić information content (AvgIpc) is 3.20. The molecule has 0 aromatic heterocycles. The Balaban J connectivity index is 0.00000264. The van der Waals surface area contributed by atoms with E-state index in [4.69, 9.17) is 4.74 Å². The van der Waals surface area contributed by atoms with Crippen LogP contribution in [0.4, 0.5) is 5.69 Å². The summed E-state index contributed by atoms with van der Waals surface area (Å²) in [6.45, 7) is 68.2. The van der Waals surface area contributed by atoms with Gasteiger partial charge in [0.2, 0.25) is 5.36 Å². The van der Waals surface area contributed by atoms with E-state index in [1.807, 2.05) is 19.9 Å². The van der Waals surface area contributed by atoms with Crippen LogP contribution in [0.5, 0.6) is 0 Å². The summed E-state index contributed by atoms with van der Waals surface area (Å²) in [5.74, 6) is -1.62. The topological polar surface area (TPSA) is 69.8 Å². The van der Waals surface area contributed by atoms with Gasteiger partial charge in [0.15, 0.2) is 11.1 Å². The van der Waals surface area contributed by atoms with Gasteiger partial charge in [0.25, 0.3) is 0 Å². The molecule has 0 amide bonds. The van der Waals surface area contributed by atoms with E-state index in [9.17, 15) is 14.7 Å². The van der Waals surface area contributed by atoms with E-state index in [1.54, 1.807) is 12.1 Å². The number of carbonyl (C=O) groups excluding carboxylic acids is 1. The number of hydrogen-bond acceptors (Lipinski definition) is 4. The van der Waals surface area contributed by atoms with Crippen LogP contribution >= 0.6 is 0 Å². The molecule has 0 saturated carbocycles. The number of nitrogens with zero attached hydrogens (tertiary/aromatic N) is 2. The van der Waals surface area contributed by atoms with Gasteiger partial charge in [-0.15, -0.1) is 0 Å². The van der Waals surface area contributed by atoms with Crippen molar-refractivity contribution in [2.24, 2.45) is 21.7 Å². The lowest BCUT2D eigenvalue weighted by molar-refractivity contribution is -0.0626. The highest BCUT2D eigenvalue weighted by Gasteiger charge is 2.71. The Morgan fingerprint density at radius 3 is 1.46 bits per heavy atom. The van der Waals surface area contributed by atoms with Crippen molar-refractivity contribution >= 4 is 23.2 Å². The number of carboxylic acid groups (broad SMARTS) is 1. The first-order valence-electron chi connectivity index (χ1n) is 26.3. The Labute approximate surface area is 426 Å². The Morgan fingerprint density at radius 1 is 0.586 bits per heavy atom. The van der Waals surface area contributed by atoms with E-state index < -0.39 is 11.9 Å². The predicted octanol–water partition coefficient (Wildman–Crippen LogP) is 14.1. The van der Waals surface area contributed by atoms with E-state index in [2.05, 4.69) is 189 Å². The SMILES string of the molecule is CC.COC(=O)c1ccc(C2=c3c(C)c4c5c(c3Cc3c2c(C)c2c6c3C(C)(C)C(C)(C)C(C)(C)N6C(C)(C)C(C)(C)C2(C)C)C(C)(C)C(C)(C)C(C)(C)[N+]=5C(C)(C)C(C)(C)C4(C)C)c(C(=O)O)c1.[CH3-]. The van der Waals surface area contributed by atoms with Crippen molar-refractivity contribution in [3.63, 3.8) is 0 Å². The molecule has 386 valence electrons. The van der Waals surface area contributed by atoms with E-state index in [0.29, 0.717) is 5.56 Å². The number of rotatable bonds is 3. The van der Waals surface area contributed by atoms with Crippen LogP contribution in [-0.4, -0.2) is 46.3 Å². The van der Waals surface area contributed by atoms with Crippen LogP contribution in [0.3, 0.4) is 0 Å². The Kier molecular flexibility index (Phi) is 11.9. The van der Waals surface area contributed by atoms with Gasteiger partial charge in [0, 0.05) is 77.2 Å². The molecule has 0 bridgehead atoms. The zero-order valence-corrected chi connectivity index (χ0v) is 50.0. The van der Waals surface area contributed by atoms with Crippen LogP contribution in [0.1, 0.15) is 256 Å². The number of methoxy groups -OCH3 is 1. The summed E-state index contributed by atoms with van der Waals surface area (Å²) in [4.78, 5) is 30.1. The minimum absolute atomic E-state index is 0. The first-order valence-corrected chi connectivity index (χ1v) is 26.3. The Hall–Kier alpha value is -3.93. The van der Waals surface area contributed by atoms with Crippen LogP contribution in [0.25, 0.3) is 5.57 Å². The van der Waals surface area contributed by atoms with Gasteiger partial charge < -0.3 is 22.2 Å². The van der Waals surface area contributed by atoms with Gasteiger partial charge in [0.05, 0.1) is 18.2 Å². The second-order valence-corrected chi connectivity index (χ2v) is 28.2. The van der Waals surface area contributed by atoms with Gasteiger partial charge in [0.1, 0.15) is 0 Å². The van der Waals surface area contributed by atoms with Crippen LogP contribution in [0, 0.1) is 42.9 Å². The number of anilines is 1. The van der Waals surface area contributed by atoms with E-state index in [-0.39, 0.29) is 84.0 Å². The zero-order valence-electron chi connectivity index (χ0n) is 50.0. The number of fused-ring (bicyclic) bond motifs is 4. The summed E-state index contributed by atoms with van der Waals surface area (Å²) in [6, 6.07) is 5.26. The molecule has 0 unspecified atom stereocenters. The van der Waals surface area contributed by atoms with Gasteiger partial charge in [-0.25, -0.2) is 14.2 Å². The Bertz CT molecular complexity index is 2920. The van der Waals surface area contributed by atoms with Gasteiger partial charge in [-0.1, -0.05) is 131 Å². The molecule has 4 heterocycles. The summed E-state index contributed by atoms with van der Waals surface area (Å²) in [7, 11) is 1.35. The third-order valence-corrected chi connectivity index (χ3v) is 24.0. The summed E-state index contributed by atoms with van der Waals surface area (Å²) in [6.07, 6.45) is 0.722. The molecule has 3 aromatic rings. The minimum Gasteiger partial charge on any atom is -0.478 e. The molecule has 0 fully saturated rings. The maximum Gasteiger partial charge on any atom is 0.337 e. The highest BCUT2D eigenvalue weighted by Crippen LogP contribution is 2.70. The molecular weight excluding hydrogens is 861 g/mol. The summed E-state index contributed by atoms with van der Waals surface area (Å²) in [5.41, 5.74) is 12.0. The fourth-order valence-corrected chi connectivity index (χ4v) is 15.9. The molecule has 6 heteroatoms. The predicted molar refractivity (Wildman–Crippen MR) is 296 cm³/mol. The highest BCUT2D eigenvalue weighted by molar-refractivity contribution is 6.02. The van der Waals surface area contributed by atoms with Crippen LogP contribution in [0.15, 0.2) is 18.2 Å². The standard InChI is InChI=1S/C61H86N2O4.C2H6.CH3/c1-32-39-37(44-46-42(32)50(3,4)54(11,12)58(19,20)62(46)60(23,24)56(15,16)52(44,7)8)31-38-40(41(39)35-29-28-34(49(66)67-27)30-36(35)48(64)65)33(2)43-47-45(38)53(9,10)57(17,18)61(25,26)63(47)59(21,22)55(13,14)51(43,5)6;1-2;/h28-30H,31H2,1-27H3;1-2H3;1H3/q;;-1/p+1. The van der Waals surface area contributed by atoms with Gasteiger partial charge >= 0.3 is 11.9 Å². The van der Waals surface area contributed by atoms with Crippen molar-refractivity contribution in [2.45, 2.75) is 244 Å². The molecule has 0 spiro atoms. The second kappa shape index (κ2) is 15.1. The third kappa shape index (κ3) is 5.72. The number of carbonyl (C=O) groups is 2. The molecule has 0 atom stereocenters. The van der Waals surface area contributed by atoms with Gasteiger partial charge in [-0.3, -0.25) is 0 Å². The molecule has 5 aliphatic rings. The van der Waals surface area contributed by atoms with E-state index >= 15 is 0 Å². The minimum atomic E-state index is -1.06. The summed E-state index contributed by atoms with van der Waals surface area (Å²) in [5, 5.41) is 14.0. The summed E-state index contributed by atoms with van der Waals surface area (Å²) >= 11 is 0. The number of aromatic carboxylic acids is 1. The molecule has 1 aliphatic carbocycles. The van der Waals surface area contributed by atoms with Crippen LogP contribution in [0.2, 0.25) is 0 Å². The third-order valence-electron chi connectivity index (χ3n) is 24.0. The molecule has 0 saturated heterocycles. The largest absolute Gasteiger partial charge is 0.478 e. The number of benzene rings is 3. The van der Waals surface area contributed by atoms with Crippen molar-refractivity contribution in [3.8, 4) is 0 Å². The maximum atomic E-state index is 14.0. The van der Waals surface area contributed by atoms with Gasteiger partial charge in [-0.05, 0) is 137 Å². The van der Waals surface area contributed by atoms with Gasteiger partial charge in [-0.2, -0.15) is 0 Å². The van der Waals surface area contributed by atoms with Crippen molar-refractivity contribution in [1.82, 2.24) is 4.58 Å². The molecule has 8 rings (SSSR count). The smallest absolute Gasteiger partial charge is 0.337 e. The van der Waals surface area contributed by atoms with Crippen molar-refractivity contribution in [1.29, 1.82) is 0 Å². The number of carboxylic acids is 1. The lowest BCUT2D eigenvalue weighted by Crippen LogP contribution is -2.79. The Morgan fingerprint density at radius 2 is 1.01 bits per heavy atom. The lowest BCUT2D eigenvalue weighted by Gasteiger charge is -2.73. The summed E-state index contributed by atoms with van der Waals surface area (Å²) < 4.78 is 8.07. The van der Waals surface area contributed by atoms with Crippen LogP contribution < -0.4 is 20.1 Å². The molecule has 0 radical (unpaired) electrons. The molecule has 70 heavy (non-hydrogen) atoms. The molecular formula is C64H96N2O4. The van der Waals surface area contributed by atoms with E-state index in [1.165, 1.54) is 62.7 Å². The second-order valence-electron chi connectivity index (χ2n) is 28.2. The number of esters is 1. The molecule has 3 aromatic carbocycles. The number of hydrogen-bond donors (Lipinski definition) is 1. The average molecular weight is 957 g/mol. The van der Waals surface area contributed by atoms with Crippen LogP contribution in [-0.2, 0) is 32.8 Å². The maximum absolute atomic E-state index is 14.0. The van der Waals surface area contributed by atoms with Crippen molar-refractivity contribution < 1.29 is 19.4 Å². The monoisotopic (exact) mass is 957 g/mol. The quantitative estimate of drug-likeness (QED) is 0.126. The molecule has 6 nitrogen and oxygen atoms in total. The highest BCUT2D eigenvalue weighted by atomic mass is 16.5. The fourth-order valence-electron chi connectivity index (χ4n) is 15.9. The van der Waals surface area contributed by atoms with Crippen molar-refractivity contribution in [3.05, 3.63) is 103 Å². The lowest BCUT2D eigenvalue weighted by atomic mass is 9.44. The number of ether oxygens (including phenoxy) is 1. The first kappa shape index (κ1) is 55.4.